The molecule has 0 amide bonds. The van der Waals surface area contributed by atoms with Gasteiger partial charge < -0.3 is 4.74 Å². The minimum atomic E-state index is -3.44. The number of rotatable bonds is 4. The molecule has 0 radical (unpaired) electrons. The van der Waals surface area contributed by atoms with E-state index in [-0.39, 0.29) is 0 Å². The average molecular weight is 265 g/mol. The zero-order valence-corrected chi connectivity index (χ0v) is 10.7. The number of likely N-dealkylation sites (tertiary alicyclic amines) is 1. The van der Waals surface area contributed by atoms with Crippen molar-refractivity contribution in [3.05, 3.63) is 35.9 Å². The van der Waals surface area contributed by atoms with Crippen LogP contribution in [0.15, 0.2) is 30.3 Å². The molecule has 0 aliphatic carbocycles. The topological polar surface area (TPSA) is 12.5 Å². The van der Waals surface area contributed by atoms with Crippen LogP contribution < -0.4 is 0 Å². The molecule has 0 atom stereocenters. The first-order valence-corrected chi connectivity index (χ1v) is 6.39. The van der Waals surface area contributed by atoms with E-state index in [1.807, 2.05) is 18.2 Å². The summed E-state index contributed by atoms with van der Waals surface area (Å²) >= 11 is 0. The number of piperidine rings is 1. The Labute approximate surface area is 112 Å². The van der Waals surface area contributed by atoms with E-state index in [1.54, 1.807) is 0 Å². The van der Waals surface area contributed by atoms with Crippen molar-refractivity contribution in [1.82, 2.24) is 4.90 Å². The first kappa shape index (κ1) is 14.0. The van der Waals surface area contributed by atoms with Gasteiger partial charge >= 0.3 is 6.11 Å². The normalized spacial score (nSPS) is 18.2. The minimum absolute atomic E-state index is 0.446. The van der Waals surface area contributed by atoms with E-state index in [2.05, 4.69) is 21.8 Å². The van der Waals surface area contributed by atoms with Crippen LogP contribution in [0.25, 0.3) is 0 Å². The molecule has 1 aromatic rings. The van der Waals surface area contributed by atoms with Crippen LogP contribution in [-0.4, -0.2) is 30.2 Å². The molecule has 0 unspecified atom stereocenters. The van der Waals surface area contributed by atoms with Gasteiger partial charge in [0.15, 0.2) is 0 Å². The molecule has 0 aromatic heterocycles. The summed E-state index contributed by atoms with van der Waals surface area (Å²) in [5.74, 6) is 1.37. The predicted molar refractivity (Wildman–Crippen MR) is 69.6 cm³/mol. The fraction of sp³-hybridized carbons (Fsp3) is 0.467. The van der Waals surface area contributed by atoms with Gasteiger partial charge in [-0.15, -0.1) is 6.42 Å². The van der Waals surface area contributed by atoms with E-state index in [0.717, 1.165) is 19.6 Å². The van der Waals surface area contributed by atoms with Gasteiger partial charge in [0, 0.05) is 25.6 Å². The van der Waals surface area contributed by atoms with E-state index in [0.29, 0.717) is 12.8 Å². The highest BCUT2D eigenvalue weighted by Crippen LogP contribution is 2.23. The summed E-state index contributed by atoms with van der Waals surface area (Å²) in [6.07, 6.45) is 2.01. The molecule has 19 heavy (non-hydrogen) atoms. The molecular formula is C15H17F2NO. The van der Waals surface area contributed by atoms with Crippen molar-refractivity contribution < 1.29 is 13.5 Å². The minimum Gasteiger partial charge on any atom is -0.306 e. The Bertz CT molecular complexity index is 433. The predicted octanol–water partition coefficient (Wildman–Crippen LogP) is 2.89. The zero-order valence-electron chi connectivity index (χ0n) is 10.7. The number of hydrogen-bond donors (Lipinski definition) is 0. The van der Waals surface area contributed by atoms with Crippen molar-refractivity contribution >= 4 is 0 Å². The first-order chi connectivity index (χ1) is 9.09. The molecule has 1 aromatic carbocycles. The van der Waals surface area contributed by atoms with Crippen LogP contribution in [0.5, 0.6) is 0 Å². The molecular weight excluding hydrogens is 248 g/mol. The van der Waals surface area contributed by atoms with Crippen molar-refractivity contribution in [3.63, 3.8) is 0 Å². The van der Waals surface area contributed by atoms with Crippen molar-refractivity contribution in [3.8, 4) is 12.3 Å². The van der Waals surface area contributed by atoms with Crippen molar-refractivity contribution in [1.29, 1.82) is 0 Å². The SMILES string of the molecule is C#CC(F)(F)OC1CCN(Cc2ccccc2)CC1. The number of alkyl halides is 2. The van der Waals surface area contributed by atoms with Crippen molar-refractivity contribution in [2.24, 2.45) is 0 Å². The quantitative estimate of drug-likeness (QED) is 0.776. The van der Waals surface area contributed by atoms with E-state index in [1.165, 1.54) is 11.5 Å². The lowest BCUT2D eigenvalue weighted by molar-refractivity contribution is -0.227. The summed E-state index contributed by atoms with van der Waals surface area (Å²) in [4.78, 5) is 2.24. The average Bonchev–Trinajstić information content (AvgIpc) is 2.42. The van der Waals surface area contributed by atoms with E-state index in [4.69, 9.17) is 6.42 Å². The van der Waals surface area contributed by atoms with Crippen molar-refractivity contribution in [2.75, 3.05) is 13.1 Å². The lowest BCUT2D eigenvalue weighted by Gasteiger charge is -2.32. The zero-order chi connectivity index (χ0) is 13.7. The lowest BCUT2D eigenvalue weighted by Crippen LogP contribution is -2.39. The Morgan fingerprint density at radius 2 is 1.89 bits per heavy atom. The maximum atomic E-state index is 12.9. The van der Waals surface area contributed by atoms with Crippen LogP contribution in [-0.2, 0) is 11.3 Å². The van der Waals surface area contributed by atoms with Gasteiger partial charge in [-0.05, 0) is 18.4 Å². The molecule has 102 valence electrons. The summed E-state index contributed by atoms with van der Waals surface area (Å²) in [7, 11) is 0. The van der Waals surface area contributed by atoms with Gasteiger partial charge in [-0.1, -0.05) is 30.3 Å². The van der Waals surface area contributed by atoms with Crippen LogP contribution in [0, 0.1) is 12.3 Å². The maximum absolute atomic E-state index is 12.9. The Morgan fingerprint density at radius 3 is 2.47 bits per heavy atom. The smallest absolute Gasteiger partial charge is 0.306 e. The maximum Gasteiger partial charge on any atom is 0.423 e. The molecule has 0 saturated carbocycles. The van der Waals surface area contributed by atoms with Crippen molar-refractivity contribution in [2.45, 2.75) is 31.6 Å². The summed E-state index contributed by atoms with van der Waals surface area (Å²) in [5, 5.41) is 0. The summed E-state index contributed by atoms with van der Waals surface area (Å²) in [5.41, 5.74) is 1.23. The molecule has 2 rings (SSSR count). The molecule has 0 spiro atoms. The van der Waals surface area contributed by atoms with Crippen LogP contribution in [0.3, 0.4) is 0 Å². The molecule has 2 nitrogen and oxygen atoms in total. The van der Waals surface area contributed by atoms with E-state index in [9.17, 15) is 8.78 Å². The third-order valence-corrected chi connectivity index (χ3v) is 3.27. The fourth-order valence-electron chi connectivity index (χ4n) is 2.27. The Morgan fingerprint density at radius 1 is 1.26 bits per heavy atom. The van der Waals surface area contributed by atoms with E-state index >= 15 is 0 Å². The Kier molecular flexibility index (Phi) is 4.52. The van der Waals surface area contributed by atoms with Crippen LogP contribution >= 0.6 is 0 Å². The lowest BCUT2D eigenvalue weighted by atomic mass is 10.1. The van der Waals surface area contributed by atoms with Crippen LogP contribution in [0.1, 0.15) is 18.4 Å². The number of nitrogens with zero attached hydrogens (tertiary/aromatic N) is 1. The third-order valence-electron chi connectivity index (χ3n) is 3.27. The second kappa shape index (κ2) is 6.14. The number of benzene rings is 1. The molecule has 0 bridgehead atoms. The molecule has 1 fully saturated rings. The Hall–Kier alpha value is -1.44. The highest BCUT2D eigenvalue weighted by atomic mass is 19.3. The number of ether oxygens (including phenoxy) is 1. The molecule has 1 heterocycles. The second-order valence-corrected chi connectivity index (χ2v) is 4.74. The molecule has 4 heteroatoms. The number of terminal acetylenes is 1. The standard InChI is InChI=1S/C15H17F2NO/c1-2-15(16,17)19-14-8-10-18(11-9-14)12-13-6-4-3-5-7-13/h1,3-7,14H,8-12H2. The monoisotopic (exact) mass is 265 g/mol. The summed E-state index contributed by atoms with van der Waals surface area (Å²) in [6, 6.07) is 10.1. The van der Waals surface area contributed by atoms with Crippen LogP contribution in [0.2, 0.25) is 0 Å². The van der Waals surface area contributed by atoms with Gasteiger partial charge in [-0.3, -0.25) is 4.90 Å². The number of hydrogen-bond acceptors (Lipinski definition) is 2. The van der Waals surface area contributed by atoms with Gasteiger partial charge in [-0.25, -0.2) is 0 Å². The van der Waals surface area contributed by atoms with Gasteiger partial charge in [-0.2, -0.15) is 8.78 Å². The van der Waals surface area contributed by atoms with Gasteiger partial charge in [0.1, 0.15) is 0 Å². The molecule has 1 aliphatic rings. The highest BCUT2D eigenvalue weighted by molar-refractivity contribution is 5.14. The van der Waals surface area contributed by atoms with Gasteiger partial charge in [0.25, 0.3) is 0 Å². The first-order valence-electron chi connectivity index (χ1n) is 6.39. The number of halogens is 2. The summed E-state index contributed by atoms with van der Waals surface area (Å²) < 4.78 is 30.4. The Balaban J connectivity index is 1.79. The third kappa shape index (κ3) is 4.30. The van der Waals surface area contributed by atoms with Gasteiger partial charge in [0.05, 0.1) is 6.10 Å². The highest BCUT2D eigenvalue weighted by Gasteiger charge is 2.32. The van der Waals surface area contributed by atoms with Crippen LogP contribution in [0.4, 0.5) is 8.78 Å². The second-order valence-electron chi connectivity index (χ2n) is 4.74. The molecule has 0 N–H and O–H groups in total. The molecule has 1 aliphatic heterocycles. The molecule has 1 saturated heterocycles. The van der Waals surface area contributed by atoms with E-state index < -0.39 is 12.2 Å². The fourth-order valence-corrected chi connectivity index (χ4v) is 2.27. The van der Waals surface area contributed by atoms with Gasteiger partial charge in [0.2, 0.25) is 0 Å². The largest absolute Gasteiger partial charge is 0.423 e. The summed E-state index contributed by atoms with van der Waals surface area (Å²) in [6.45, 7) is 2.35.